The molecule has 1 aromatic rings. The number of nitrogens with two attached hydrogens (primary N) is 1. The van der Waals surface area contributed by atoms with Crippen molar-refractivity contribution < 1.29 is 9.90 Å². The third-order valence-electron chi connectivity index (χ3n) is 2.56. The molecule has 0 aliphatic heterocycles. The highest BCUT2D eigenvalue weighted by molar-refractivity contribution is 5.94. The van der Waals surface area contributed by atoms with E-state index in [9.17, 15) is 9.90 Å². The molecule has 4 heteroatoms. The van der Waals surface area contributed by atoms with Gasteiger partial charge in [-0.25, -0.2) is 0 Å². The number of nitrogens with one attached hydrogen (secondary N) is 1. The van der Waals surface area contributed by atoms with Gasteiger partial charge < -0.3 is 16.2 Å². The fourth-order valence-electron chi connectivity index (χ4n) is 1.13. The number of aliphatic hydroxyl groups is 1. The maximum atomic E-state index is 11.7. The number of anilines is 1. The van der Waals surface area contributed by atoms with E-state index >= 15 is 0 Å². The first-order chi connectivity index (χ1) is 7.44. The Bertz CT molecular complexity index is 358. The molecular formula is C12H18N2O2. The van der Waals surface area contributed by atoms with E-state index in [1.807, 2.05) is 6.92 Å². The van der Waals surface area contributed by atoms with Crippen molar-refractivity contribution >= 4 is 11.6 Å². The van der Waals surface area contributed by atoms with Crippen LogP contribution < -0.4 is 11.1 Å². The van der Waals surface area contributed by atoms with Crippen LogP contribution in [0.3, 0.4) is 0 Å². The molecule has 0 aliphatic carbocycles. The van der Waals surface area contributed by atoms with Gasteiger partial charge >= 0.3 is 0 Å². The Kier molecular flexibility index (Phi) is 3.90. The lowest BCUT2D eigenvalue weighted by Gasteiger charge is -2.21. The molecule has 1 atom stereocenters. The normalized spacial score (nSPS) is 14.2. The van der Waals surface area contributed by atoms with Crippen LogP contribution in [-0.4, -0.2) is 23.2 Å². The topological polar surface area (TPSA) is 75.3 Å². The van der Waals surface area contributed by atoms with Gasteiger partial charge in [0.1, 0.15) is 0 Å². The molecule has 0 aliphatic rings. The number of benzene rings is 1. The largest absolute Gasteiger partial charge is 0.399 e. The highest BCUT2D eigenvalue weighted by Crippen LogP contribution is 2.08. The van der Waals surface area contributed by atoms with E-state index in [1.54, 1.807) is 31.2 Å². The van der Waals surface area contributed by atoms with E-state index in [1.165, 1.54) is 0 Å². The number of nitrogen functional groups attached to an aromatic ring is 1. The predicted octanol–water partition coefficient (Wildman–Crippen LogP) is 1.16. The Balaban J connectivity index is 2.56. The smallest absolute Gasteiger partial charge is 0.251 e. The van der Waals surface area contributed by atoms with Gasteiger partial charge in [0.25, 0.3) is 5.91 Å². The summed E-state index contributed by atoms with van der Waals surface area (Å²) in [5.74, 6) is -0.200. The average molecular weight is 222 g/mol. The van der Waals surface area contributed by atoms with Crippen LogP contribution in [0.5, 0.6) is 0 Å². The van der Waals surface area contributed by atoms with Crippen LogP contribution in [0.15, 0.2) is 24.3 Å². The van der Waals surface area contributed by atoms with Crippen LogP contribution in [0, 0.1) is 0 Å². The van der Waals surface area contributed by atoms with Gasteiger partial charge in [-0.1, -0.05) is 6.92 Å². The molecule has 88 valence electrons. The average Bonchev–Trinajstić information content (AvgIpc) is 2.27. The fourth-order valence-corrected chi connectivity index (χ4v) is 1.13. The van der Waals surface area contributed by atoms with E-state index in [0.29, 0.717) is 17.7 Å². The van der Waals surface area contributed by atoms with E-state index in [2.05, 4.69) is 5.32 Å². The number of carbonyl (C=O) groups is 1. The zero-order valence-corrected chi connectivity index (χ0v) is 9.66. The molecule has 0 saturated heterocycles. The third-order valence-corrected chi connectivity index (χ3v) is 2.56. The zero-order chi connectivity index (χ0) is 12.2. The van der Waals surface area contributed by atoms with Crippen LogP contribution in [0.2, 0.25) is 0 Å². The maximum absolute atomic E-state index is 11.7. The molecule has 1 rings (SSSR count). The SMILES string of the molecule is CCC(C)(O)CNC(=O)c1ccc(N)cc1. The molecule has 0 aromatic heterocycles. The Labute approximate surface area is 95.5 Å². The molecule has 16 heavy (non-hydrogen) atoms. The molecular weight excluding hydrogens is 204 g/mol. The second-order valence-electron chi connectivity index (χ2n) is 4.16. The summed E-state index contributed by atoms with van der Waals surface area (Å²) in [6, 6.07) is 6.66. The van der Waals surface area contributed by atoms with Gasteiger partial charge in [0.15, 0.2) is 0 Å². The first-order valence-electron chi connectivity index (χ1n) is 5.31. The molecule has 0 fully saturated rings. The Hall–Kier alpha value is -1.55. The number of carbonyl (C=O) groups excluding carboxylic acids is 1. The molecule has 0 radical (unpaired) electrons. The summed E-state index contributed by atoms with van der Waals surface area (Å²) < 4.78 is 0. The van der Waals surface area contributed by atoms with E-state index in [4.69, 9.17) is 5.73 Å². The lowest BCUT2D eigenvalue weighted by atomic mass is 10.0. The highest BCUT2D eigenvalue weighted by atomic mass is 16.3. The van der Waals surface area contributed by atoms with Gasteiger partial charge in [0.05, 0.1) is 5.60 Å². The van der Waals surface area contributed by atoms with Crippen LogP contribution in [0.4, 0.5) is 5.69 Å². The van der Waals surface area contributed by atoms with Crippen LogP contribution in [0.1, 0.15) is 30.6 Å². The minimum Gasteiger partial charge on any atom is -0.399 e. The monoisotopic (exact) mass is 222 g/mol. The Morgan fingerprint density at radius 1 is 1.44 bits per heavy atom. The first-order valence-corrected chi connectivity index (χ1v) is 5.31. The molecule has 1 amide bonds. The van der Waals surface area contributed by atoms with Crippen LogP contribution in [0.25, 0.3) is 0 Å². The highest BCUT2D eigenvalue weighted by Gasteiger charge is 2.18. The lowest BCUT2D eigenvalue weighted by molar-refractivity contribution is 0.0518. The number of hydrogen-bond donors (Lipinski definition) is 3. The van der Waals surface area contributed by atoms with Gasteiger partial charge in [0.2, 0.25) is 0 Å². The third kappa shape index (κ3) is 3.55. The molecule has 1 unspecified atom stereocenters. The quantitative estimate of drug-likeness (QED) is 0.669. The summed E-state index contributed by atoms with van der Waals surface area (Å²) in [7, 11) is 0. The summed E-state index contributed by atoms with van der Waals surface area (Å²) in [6.07, 6.45) is 0.592. The molecule has 0 saturated carbocycles. The minimum absolute atomic E-state index is 0.200. The Morgan fingerprint density at radius 2 is 2.00 bits per heavy atom. The first kappa shape index (κ1) is 12.5. The molecule has 4 N–H and O–H groups in total. The van der Waals surface area contributed by atoms with Gasteiger partial charge in [-0.15, -0.1) is 0 Å². The van der Waals surface area contributed by atoms with E-state index < -0.39 is 5.60 Å². The van der Waals surface area contributed by atoms with Crippen LogP contribution >= 0.6 is 0 Å². The zero-order valence-electron chi connectivity index (χ0n) is 9.66. The van der Waals surface area contributed by atoms with Crippen molar-refractivity contribution in [2.45, 2.75) is 25.9 Å². The van der Waals surface area contributed by atoms with Crippen molar-refractivity contribution in [3.05, 3.63) is 29.8 Å². The standard InChI is InChI=1S/C12H18N2O2/c1-3-12(2,16)8-14-11(15)9-4-6-10(13)7-5-9/h4-7,16H,3,8,13H2,1-2H3,(H,14,15). The molecule has 0 spiro atoms. The number of rotatable bonds is 4. The van der Waals surface area contributed by atoms with Crippen molar-refractivity contribution in [2.24, 2.45) is 0 Å². The summed E-state index contributed by atoms with van der Waals surface area (Å²) >= 11 is 0. The van der Waals surface area contributed by atoms with Crippen molar-refractivity contribution in [1.29, 1.82) is 0 Å². The number of hydrogen-bond acceptors (Lipinski definition) is 3. The van der Waals surface area contributed by atoms with Crippen molar-refractivity contribution in [3.8, 4) is 0 Å². The molecule has 0 bridgehead atoms. The fraction of sp³-hybridized carbons (Fsp3) is 0.417. The molecule has 0 heterocycles. The second kappa shape index (κ2) is 4.99. The van der Waals surface area contributed by atoms with E-state index in [0.717, 1.165) is 0 Å². The van der Waals surface area contributed by atoms with Gasteiger partial charge in [-0.2, -0.15) is 0 Å². The lowest BCUT2D eigenvalue weighted by Crippen LogP contribution is -2.40. The molecule has 4 nitrogen and oxygen atoms in total. The van der Waals surface area contributed by atoms with Gasteiger partial charge in [0, 0.05) is 17.8 Å². The Morgan fingerprint density at radius 3 is 2.50 bits per heavy atom. The minimum atomic E-state index is -0.858. The number of amides is 1. The van der Waals surface area contributed by atoms with Gasteiger partial charge in [-0.05, 0) is 37.6 Å². The summed E-state index contributed by atoms with van der Waals surface area (Å²) in [4.78, 5) is 11.7. The van der Waals surface area contributed by atoms with Crippen molar-refractivity contribution in [3.63, 3.8) is 0 Å². The van der Waals surface area contributed by atoms with Crippen molar-refractivity contribution in [2.75, 3.05) is 12.3 Å². The summed E-state index contributed by atoms with van der Waals surface area (Å²) in [5, 5.41) is 12.4. The predicted molar refractivity (Wildman–Crippen MR) is 64.1 cm³/mol. The second-order valence-corrected chi connectivity index (χ2v) is 4.16. The van der Waals surface area contributed by atoms with Crippen molar-refractivity contribution in [1.82, 2.24) is 5.32 Å². The maximum Gasteiger partial charge on any atom is 0.251 e. The summed E-state index contributed by atoms with van der Waals surface area (Å²) in [5.41, 5.74) is 5.83. The van der Waals surface area contributed by atoms with Crippen LogP contribution in [-0.2, 0) is 0 Å². The van der Waals surface area contributed by atoms with E-state index in [-0.39, 0.29) is 12.5 Å². The molecule has 1 aromatic carbocycles. The van der Waals surface area contributed by atoms with Gasteiger partial charge in [-0.3, -0.25) is 4.79 Å². The summed E-state index contributed by atoms with van der Waals surface area (Å²) in [6.45, 7) is 3.80.